The monoisotopic (exact) mass is 272 g/mol. The number of esters is 1. The number of hydrogen-bond acceptors (Lipinski definition) is 4. The maximum absolute atomic E-state index is 10.9. The fraction of sp³-hybridized carbons (Fsp3) is 0.438. The molecule has 0 saturated carbocycles. The van der Waals surface area contributed by atoms with Crippen molar-refractivity contribution in [2.24, 2.45) is 0 Å². The van der Waals surface area contributed by atoms with Crippen molar-refractivity contribution >= 4 is 5.97 Å². The van der Waals surface area contributed by atoms with E-state index in [0.29, 0.717) is 25.2 Å². The van der Waals surface area contributed by atoms with E-state index in [-0.39, 0.29) is 12.1 Å². The van der Waals surface area contributed by atoms with E-state index in [4.69, 9.17) is 14.2 Å². The Hall–Kier alpha value is -2.17. The molecule has 0 N–H and O–H groups in total. The SMILES string of the molecule is CC#CC#C/C=C1\C=CC2(CC[C@H](OC(C)=O)CO2)O1. The minimum absolute atomic E-state index is 0.192. The van der Waals surface area contributed by atoms with Crippen LogP contribution >= 0.6 is 0 Å². The summed E-state index contributed by atoms with van der Waals surface area (Å²) >= 11 is 0. The third-order valence-corrected chi connectivity index (χ3v) is 2.93. The molecule has 2 aliphatic rings. The first-order valence-electron chi connectivity index (χ1n) is 6.45. The molecule has 2 rings (SSSR count). The molecule has 0 aromatic carbocycles. The molecule has 2 atom stereocenters. The van der Waals surface area contributed by atoms with Gasteiger partial charge in [-0.15, -0.1) is 0 Å². The average molecular weight is 272 g/mol. The van der Waals surface area contributed by atoms with Crippen LogP contribution in [0.4, 0.5) is 0 Å². The molecule has 0 amide bonds. The van der Waals surface area contributed by atoms with Gasteiger partial charge in [0.15, 0.2) is 0 Å². The Morgan fingerprint density at radius 3 is 3.05 bits per heavy atom. The van der Waals surface area contributed by atoms with Crippen molar-refractivity contribution in [1.82, 2.24) is 0 Å². The number of carbonyl (C=O) groups excluding carboxylic acids is 1. The molecule has 1 spiro atoms. The zero-order chi connectivity index (χ0) is 14.4. The van der Waals surface area contributed by atoms with Crippen LogP contribution in [0.1, 0.15) is 26.7 Å². The summed E-state index contributed by atoms with van der Waals surface area (Å²) in [7, 11) is 0. The molecule has 4 heteroatoms. The van der Waals surface area contributed by atoms with Gasteiger partial charge in [0.1, 0.15) is 11.9 Å². The van der Waals surface area contributed by atoms with Gasteiger partial charge in [-0.25, -0.2) is 0 Å². The molecule has 2 aliphatic heterocycles. The number of rotatable bonds is 1. The largest absolute Gasteiger partial charge is 0.460 e. The van der Waals surface area contributed by atoms with Crippen LogP contribution in [-0.2, 0) is 19.0 Å². The summed E-state index contributed by atoms with van der Waals surface area (Å²) in [4.78, 5) is 10.9. The van der Waals surface area contributed by atoms with Gasteiger partial charge in [0.05, 0.1) is 6.61 Å². The maximum atomic E-state index is 10.9. The van der Waals surface area contributed by atoms with E-state index in [1.165, 1.54) is 6.92 Å². The zero-order valence-electron chi connectivity index (χ0n) is 11.6. The van der Waals surface area contributed by atoms with E-state index in [1.807, 2.05) is 12.2 Å². The fourth-order valence-electron chi connectivity index (χ4n) is 2.05. The summed E-state index contributed by atoms with van der Waals surface area (Å²) < 4.78 is 16.6. The summed E-state index contributed by atoms with van der Waals surface area (Å²) in [5, 5.41) is 0. The smallest absolute Gasteiger partial charge is 0.302 e. The molecule has 1 fully saturated rings. The Labute approximate surface area is 118 Å². The first kappa shape index (κ1) is 14.2. The van der Waals surface area contributed by atoms with Gasteiger partial charge < -0.3 is 14.2 Å². The lowest BCUT2D eigenvalue weighted by atomic mass is 10.0. The third-order valence-electron chi connectivity index (χ3n) is 2.93. The van der Waals surface area contributed by atoms with Gasteiger partial charge in [-0.2, -0.15) is 0 Å². The quantitative estimate of drug-likeness (QED) is 0.540. The van der Waals surface area contributed by atoms with Gasteiger partial charge in [-0.05, 0) is 37.3 Å². The molecule has 4 nitrogen and oxygen atoms in total. The molecule has 2 heterocycles. The predicted molar refractivity (Wildman–Crippen MR) is 73.0 cm³/mol. The van der Waals surface area contributed by atoms with E-state index < -0.39 is 5.79 Å². The molecule has 1 unspecified atom stereocenters. The zero-order valence-corrected chi connectivity index (χ0v) is 11.6. The molecule has 0 radical (unpaired) electrons. The van der Waals surface area contributed by atoms with Crippen molar-refractivity contribution in [2.75, 3.05) is 6.61 Å². The normalized spacial score (nSPS) is 29.1. The van der Waals surface area contributed by atoms with Crippen molar-refractivity contribution < 1.29 is 19.0 Å². The minimum Gasteiger partial charge on any atom is -0.460 e. The third kappa shape index (κ3) is 3.66. The highest BCUT2D eigenvalue weighted by atomic mass is 16.7. The van der Waals surface area contributed by atoms with Gasteiger partial charge in [-0.3, -0.25) is 4.79 Å². The van der Waals surface area contributed by atoms with Gasteiger partial charge in [0.25, 0.3) is 0 Å². The molecule has 0 aromatic rings. The maximum Gasteiger partial charge on any atom is 0.302 e. The van der Waals surface area contributed by atoms with E-state index in [9.17, 15) is 4.79 Å². The second-order valence-electron chi connectivity index (χ2n) is 4.52. The van der Waals surface area contributed by atoms with E-state index >= 15 is 0 Å². The lowest BCUT2D eigenvalue weighted by Gasteiger charge is -2.35. The van der Waals surface area contributed by atoms with E-state index in [1.54, 1.807) is 13.0 Å². The van der Waals surface area contributed by atoms with Crippen LogP contribution in [0.2, 0.25) is 0 Å². The average Bonchev–Trinajstić information content (AvgIpc) is 2.81. The van der Waals surface area contributed by atoms with Gasteiger partial charge in [0, 0.05) is 19.4 Å². The van der Waals surface area contributed by atoms with Crippen LogP contribution in [0.5, 0.6) is 0 Å². The number of hydrogen-bond donors (Lipinski definition) is 0. The van der Waals surface area contributed by atoms with E-state index in [2.05, 4.69) is 23.7 Å². The Morgan fingerprint density at radius 1 is 1.55 bits per heavy atom. The summed E-state index contributed by atoms with van der Waals surface area (Å²) in [6.45, 7) is 3.47. The van der Waals surface area contributed by atoms with Gasteiger partial charge >= 0.3 is 5.97 Å². The van der Waals surface area contributed by atoms with Crippen molar-refractivity contribution in [3.05, 3.63) is 24.0 Å². The van der Waals surface area contributed by atoms with Crippen LogP contribution in [0, 0.1) is 23.7 Å². The topological polar surface area (TPSA) is 44.8 Å². The molecular weight excluding hydrogens is 256 g/mol. The van der Waals surface area contributed by atoms with Crippen molar-refractivity contribution in [2.45, 2.75) is 38.6 Å². The Balaban J connectivity index is 1.90. The van der Waals surface area contributed by atoms with Crippen LogP contribution in [0.3, 0.4) is 0 Å². The highest BCUT2D eigenvalue weighted by Gasteiger charge is 2.40. The predicted octanol–water partition coefficient (Wildman–Crippen LogP) is 1.92. The second kappa shape index (κ2) is 6.32. The standard InChI is InChI=1S/C16H16O4/c1-3-4-5-6-7-14-8-10-16(20-14)11-9-15(12-18-16)19-13(2)17/h7-8,10,15H,9,11-12H2,1-2H3/b14-7+/t15-,16?/m0/s1. The number of allylic oxidation sites excluding steroid dienone is 2. The first-order chi connectivity index (χ1) is 9.63. The minimum atomic E-state index is -0.736. The van der Waals surface area contributed by atoms with Crippen LogP contribution < -0.4 is 0 Å². The Morgan fingerprint density at radius 2 is 2.40 bits per heavy atom. The highest BCUT2D eigenvalue weighted by molar-refractivity contribution is 5.66. The summed E-state index contributed by atoms with van der Waals surface area (Å²) in [5.41, 5.74) is 0. The lowest BCUT2D eigenvalue weighted by molar-refractivity contribution is -0.220. The molecule has 0 aromatic heterocycles. The molecule has 0 bridgehead atoms. The van der Waals surface area contributed by atoms with Crippen LogP contribution in [-0.4, -0.2) is 24.5 Å². The summed E-state index contributed by atoms with van der Waals surface area (Å²) in [5.74, 6) is 10.5. The van der Waals surface area contributed by atoms with Crippen molar-refractivity contribution in [3.63, 3.8) is 0 Å². The molecule has 0 aliphatic carbocycles. The summed E-state index contributed by atoms with van der Waals surface area (Å²) in [6, 6.07) is 0. The first-order valence-corrected chi connectivity index (χ1v) is 6.45. The number of carbonyl (C=O) groups is 1. The number of ether oxygens (including phenoxy) is 3. The molecular formula is C16H16O4. The molecule has 1 saturated heterocycles. The van der Waals surface area contributed by atoms with Crippen LogP contribution in [0.15, 0.2) is 24.0 Å². The van der Waals surface area contributed by atoms with E-state index in [0.717, 1.165) is 0 Å². The Kier molecular flexibility index (Phi) is 4.50. The Bertz CT molecular complexity index is 555. The molecule has 104 valence electrons. The lowest BCUT2D eigenvalue weighted by Crippen LogP contribution is -2.41. The summed E-state index contributed by atoms with van der Waals surface area (Å²) in [6.07, 6.45) is 6.53. The van der Waals surface area contributed by atoms with Crippen LogP contribution in [0.25, 0.3) is 0 Å². The van der Waals surface area contributed by atoms with Gasteiger partial charge in [0.2, 0.25) is 5.79 Å². The fourth-order valence-corrected chi connectivity index (χ4v) is 2.05. The molecule has 20 heavy (non-hydrogen) atoms. The highest BCUT2D eigenvalue weighted by Crippen LogP contribution is 2.35. The van der Waals surface area contributed by atoms with Crippen molar-refractivity contribution in [3.8, 4) is 23.7 Å². The van der Waals surface area contributed by atoms with Crippen molar-refractivity contribution in [1.29, 1.82) is 0 Å². The van der Waals surface area contributed by atoms with Gasteiger partial charge in [-0.1, -0.05) is 11.8 Å². The second-order valence-corrected chi connectivity index (χ2v) is 4.52.